The lowest BCUT2D eigenvalue weighted by Gasteiger charge is -2.29. The van der Waals surface area contributed by atoms with E-state index >= 15 is 0 Å². The summed E-state index contributed by atoms with van der Waals surface area (Å²) >= 11 is 0. The first-order valence-electron chi connectivity index (χ1n) is 27.5. The first-order chi connectivity index (χ1) is 34.9. The summed E-state index contributed by atoms with van der Waals surface area (Å²) in [6, 6.07) is 8.77. The third-order valence-corrected chi connectivity index (χ3v) is 12.6. The summed E-state index contributed by atoms with van der Waals surface area (Å²) in [5.74, 6) is 0.781. The van der Waals surface area contributed by atoms with Gasteiger partial charge in [-0.2, -0.15) is 0 Å². The van der Waals surface area contributed by atoms with Gasteiger partial charge in [0.25, 0.3) is 0 Å². The van der Waals surface area contributed by atoms with Crippen LogP contribution in [0, 0.1) is 12.8 Å². The van der Waals surface area contributed by atoms with Crippen LogP contribution in [0.25, 0.3) is 0 Å². The van der Waals surface area contributed by atoms with Gasteiger partial charge in [0, 0.05) is 153 Å². The van der Waals surface area contributed by atoms with E-state index < -0.39 is 0 Å². The first kappa shape index (κ1) is 93.8. The molecule has 0 aliphatic carbocycles. The Morgan fingerprint density at radius 3 is 1.39 bits per heavy atom. The fourth-order valence-electron chi connectivity index (χ4n) is 7.99. The maximum atomic E-state index is 5.20. The molecule has 1 aromatic carbocycles. The average molecular weight is 1140 g/mol. The molecule has 6 aliphatic rings. The summed E-state index contributed by atoms with van der Waals surface area (Å²) in [6.45, 7) is 35.5. The van der Waals surface area contributed by atoms with Crippen LogP contribution in [0.1, 0.15) is 110 Å². The van der Waals surface area contributed by atoms with Gasteiger partial charge in [-0.25, -0.2) is 0 Å². The van der Waals surface area contributed by atoms with Gasteiger partial charge in [0.2, 0.25) is 0 Å². The van der Waals surface area contributed by atoms with Crippen molar-refractivity contribution in [2.24, 2.45) is 5.92 Å². The minimum Gasteiger partial charge on any atom is -0.385 e. The molecule has 17 nitrogen and oxygen atoms in total. The molecule has 6 heterocycles. The molecule has 7 rings (SSSR count). The number of rotatable bonds is 16. The number of piperazine rings is 2. The molecule has 0 aromatic heterocycles. The van der Waals surface area contributed by atoms with Crippen molar-refractivity contribution in [1.82, 2.24) is 40.0 Å². The third-order valence-electron chi connectivity index (χ3n) is 12.6. The van der Waals surface area contributed by atoms with Gasteiger partial charge in [0.15, 0.2) is 0 Å². The van der Waals surface area contributed by atoms with E-state index in [1.807, 2.05) is 13.8 Å². The minimum absolute atomic E-state index is 0. The molecular weight excluding hydrogens is 999 g/mol. The van der Waals surface area contributed by atoms with E-state index in [2.05, 4.69) is 104 Å². The molecule has 1 unspecified atom stereocenters. The summed E-state index contributed by atoms with van der Waals surface area (Å²) < 4.78 is 40.0. The van der Waals surface area contributed by atoms with Gasteiger partial charge >= 0.3 is 0 Å². The van der Waals surface area contributed by atoms with E-state index in [0.29, 0.717) is 6.10 Å². The number of ether oxygens (including phenoxy) is 8. The van der Waals surface area contributed by atoms with Crippen molar-refractivity contribution in [2.75, 3.05) is 260 Å². The Labute approximate surface area is 494 Å². The Bertz CT molecular complexity index is 1190. The van der Waals surface area contributed by atoms with E-state index in [-0.39, 0.29) is 52.0 Å². The Morgan fingerprint density at radius 2 is 1.00 bits per heavy atom. The molecule has 2 N–H and O–H groups in total. The van der Waals surface area contributed by atoms with Crippen molar-refractivity contribution in [3.63, 3.8) is 0 Å². The highest BCUT2D eigenvalue weighted by Gasteiger charge is 2.16. The van der Waals surface area contributed by atoms with Crippen LogP contribution in [0.2, 0.25) is 0 Å². The lowest BCUT2D eigenvalue weighted by Crippen LogP contribution is -2.43. The molecular formula is C62H143N9O8. The monoisotopic (exact) mass is 1140 g/mol. The van der Waals surface area contributed by atoms with Crippen molar-refractivity contribution in [3.8, 4) is 0 Å². The van der Waals surface area contributed by atoms with E-state index in [9.17, 15) is 0 Å². The highest BCUT2D eigenvalue weighted by Crippen LogP contribution is 2.16. The van der Waals surface area contributed by atoms with Crippen molar-refractivity contribution in [1.29, 1.82) is 0 Å². The van der Waals surface area contributed by atoms with Crippen LogP contribution >= 0.6 is 0 Å². The molecule has 0 radical (unpaired) electrons. The van der Waals surface area contributed by atoms with Gasteiger partial charge in [-0.05, 0) is 125 Å². The number of aryl methyl sites for hydroxylation is 1. The fraction of sp³-hybridized carbons (Fsp3) is 0.903. The Balaban J connectivity index is -0.000000121. The zero-order valence-electron chi connectivity index (χ0n) is 48.9. The lowest BCUT2D eigenvalue weighted by atomic mass is 10.00. The Hall–Kier alpha value is -1.62. The van der Waals surface area contributed by atoms with Gasteiger partial charge < -0.3 is 73.0 Å². The number of piperidine rings is 2. The summed E-state index contributed by atoms with van der Waals surface area (Å²) in [5, 5.41) is 6.63. The number of nitrogens with zero attached hydrogens (tertiary/aromatic N) is 7. The number of likely N-dealkylation sites (tertiary alicyclic amines) is 2. The topological polar surface area (TPSA) is 121 Å². The normalized spacial score (nSPS) is 18.4. The molecule has 484 valence electrons. The smallest absolute Gasteiger partial charge is 0.0987 e. The highest BCUT2D eigenvalue weighted by molar-refractivity contribution is 5.47. The van der Waals surface area contributed by atoms with Gasteiger partial charge in [-0.15, -0.1) is 0 Å². The molecule has 0 spiro atoms. The summed E-state index contributed by atoms with van der Waals surface area (Å²) in [5.41, 5.74) is 2.69. The second-order valence-electron chi connectivity index (χ2n) is 19.8. The van der Waals surface area contributed by atoms with Crippen molar-refractivity contribution in [2.45, 2.75) is 117 Å². The predicted molar refractivity (Wildman–Crippen MR) is 349 cm³/mol. The Morgan fingerprint density at radius 1 is 0.544 bits per heavy atom. The molecule has 6 saturated heterocycles. The molecule has 0 bridgehead atoms. The van der Waals surface area contributed by atoms with Crippen LogP contribution in [0.15, 0.2) is 24.3 Å². The van der Waals surface area contributed by atoms with Crippen molar-refractivity contribution in [3.05, 3.63) is 29.8 Å². The van der Waals surface area contributed by atoms with Gasteiger partial charge in [0.1, 0.15) is 0 Å². The number of nitrogens with one attached hydrogen (secondary N) is 2. The van der Waals surface area contributed by atoms with Crippen molar-refractivity contribution < 1.29 is 37.9 Å². The van der Waals surface area contributed by atoms with Crippen LogP contribution in [0.3, 0.4) is 0 Å². The number of benzene rings is 1. The van der Waals surface area contributed by atoms with Crippen LogP contribution in [0.5, 0.6) is 0 Å². The molecule has 79 heavy (non-hydrogen) atoms. The molecule has 6 aliphatic heterocycles. The number of morpholine rings is 2. The number of hydrogen-bond donors (Lipinski definition) is 2. The maximum Gasteiger partial charge on any atom is 0.0987 e. The SMILES string of the molecule is C.C.C.C.C.C.C.CN1CCNCC1.COC(C)C.COCC1CCCN(C)C1.COCCCN(C)C.COCCN1CCCCC1.COCCN1CCOCC1.COCN1CCOCC1.Cc1ccc(N2CCNCC2)cc1. The van der Waals surface area contributed by atoms with Gasteiger partial charge in [0.05, 0.1) is 59.1 Å². The number of likely N-dealkylation sites (N-methyl/N-ethyl adjacent to an activating group) is 1. The van der Waals surface area contributed by atoms with Gasteiger partial charge in [-0.3, -0.25) is 9.80 Å². The van der Waals surface area contributed by atoms with E-state index in [0.717, 1.165) is 157 Å². The lowest BCUT2D eigenvalue weighted by molar-refractivity contribution is -0.0178. The molecule has 0 saturated carbocycles. The highest BCUT2D eigenvalue weighted by atomic mass is 16.5. The quantitative estimate of drug-likeness (QED) is 0.153. The third kappa shape index (κ3) is 60.8. The minimum atomic E-state index is 0. The Kier molecular flexibility index (Phi) is 81.8. The second kappa shape index (κ2) is 68.9. The second-order valence-corrected chi connectivity index (χ2v) is 19.8. The number of methoxy groups -OCH3 is 6. The number of hydrogen-bond acceptors (Lipinski definition) is 17. The van der Waals surface area contributed by atoms with E-state index in [1.54, 1.807) is 42.7 Å². The predicted octanol–water partition coefficient (Wildman–Crippen LogP) is 8.99. The summed E-state index contributed by atoms with van der Waals surface area (Å²) in [7, 11) is 18.9. The largest absolute Gasteiger partial charge is 0.385 e. The van der Waals surface area contributed by atoms with Crippen LogP contribution < -0.4 is 15.5 Å². The van der Waals surface area contributed by atoms with Gasteiger partial charge in [-0.1, -0.05) is 76.1 Å². The molecule has 6 fully saturated rings. The fourth-order valence-corrected chi connectivity index (χ4v) is 7.99. The zero-order chi connectivity index (χ0) is 53.3. The molecule has 0 amide bonds. The molecule has 1 aromatic rings. The number of anilines is 1. The summed E-state index contributed by atoms with van der Waals surface area (Å²) in [4.78, 5) is 16.3. The van der Waals surface area contributed by atoms with Crippen LogP contribution in [-0.4, -0.2) is 290 Å². The summed E-state index contributed by atoms with van der Waals surface area (Å²) in [6.07, 6.45) is 8.37. The van der Waals surface area contributed by atoms with Crippen LogP contribution in [-0.2, 0) is 37.9 Å². The standard InChI is InChI=1S/C11H16N2.2C8H17NO.C7H15NO2.C6H13NO2.C6H15NO.C5H12N2.C4H10O.7CH4/c1-10-2-4-11(5-3-10)13-8-6-12-7-9-13;1-9-5-3-4-8(6-9)7-10-2;1-10-8-7-9-5-3-2-4-6-9;1-9-5-2-8-3-6-10-7-4-8;1-8-6-7-2-4-9-5-3-7;1-7(2)5-4-6-8-3;1-7-4-2-6-3-5-7;1-4(2)5-3;;;;;;;/h2-5,12H,6-9H2,1H3;8H,3-7H2,1-2H3;2-8H2,1H3;2-7H2,1H3;2-6H2,1H3;4-6H2,1-3H3;6H,2-5H2,1H3;4H,1-3H3;7*1H4. The first-order valence-corrected chi connectivity index (χ1v) is 27.5. The van der Waals surface area contributed by atoms with E-state index in [4.69, 9.17) is 37.9 Å². The maximum absolute atomic E-state index is 5.20. The molecule has 1 atom stereocenters. The zero-order valence-corrected chi connectivity index (χ0v) is 48.9. The average Bonchev–Trinajstić information content (AvgIpc) is 3.40. The van der Waals surface area contributed by atoms with Crippen molar-refractivity contribution >= 4 is 5.69 Å². The molecule has 17 heteroatoms. The van der Waals surface area contributed by atoms with Crippen LogP contribution in [0.4, 0.5) is 5.69 Å². The van der Waals surface area contributed by atoms with E-state index in [1.165, 1.54) is 82.6 Å².